The second-order valence-electron chi connectivity index (χ2n) is 5.91. The fourth-order valence-corrected chi connectivity index (χ4v) is 3.70. The van der Waals surface area contributed by atoms with Crippen molar-refractivity contribution in [3.05, 3.63) is 0 Å². The Morgan fingerprint density at radius 1 is 1.29 bits per heavy atom. The van der Waals surface area contributed by atoms with Crippen LogP contribution in [0.25, 0.3) is 0 Å². The van der Waals surface area contributed by atoms with Crippen LogP contribution in [0.1, 0.15) is 40.0 Å². The number of ether oxygens (including phenoxy) is 1. The van der Waals surface area contributed by atoms with Gasteiger partial charge in [0.05, 0.1) is 19.0 Å². The minimum absolute atomic E-state index is 0.0779. The quantitative estimate of drug-likeness (QED) is 0.723. The van der Waals surface area contributed by atoms with Gasteiger partial charge in [-0.25, -0.2) is 13.1 Å². The number of amides is 1. The van der Waals surface area contributed by atoms with Crippen molar-refractivity contribution in [2.45, 2.75) is 46.1 Å². The molecule has 0 saturated carbocycles. The van der Waals surface area contributed by atoms with Gasteiger partial charge < -0.3 is 9.64 Å². The number of unbranched alkanes of at least 4 members (excludes halogenated alkanes) is 1. The fraction of sp³-hybridized carbons (Fsp3) is 0.929. The topological polar surface area (TPSA) is 75.7 Å². The second-order valence-corrected chi connectivity index (χ2v) is 7.78. The molecule has 1 amide bonds. The lowest BCUT2D eigenvalue weighted by Gasteiger charge is -2.31. The first kappa shape index (κ1) is 18.4. The van der Waals surface area contributed by atoms with Crippen LogP contribution in [-0.2, 0) is 19.6 Å². The Hall–Kier alpha value is -0.660. The molecule has 1 aliphatic heterocycles. The Bertz CT molecular complexity index is 417. The molecule has 0 aromatic rings. The minimum Gasteiger partial charge on any atom is -0.378 e. The largest absolute Gasteiger partial charge is 0.378 e. The van der Waals surface area contributed by atoms with Gasteiger partial charge in [-0.2, -0.15) is 0 Å². The monoisotopic (exact) mass is 320 g/mol. The normalized spacial score (nSPS) is 18.0. The molecule has 0 spiro atoms. The molecule has 6 nitrogen and oxygen atoms in total. The van der Waals surface area contributed by atoms with E-state index in [1.807, 2.05) is 20.8 Å². The Balaban J connectivity index is 2.72. The van der Waals surface area contributed by atoms with E-state index in [-0.39, 0.29) is 17.6 Å². The van der Waals surface area contributed by atoms with Gasteiger partial charge in [-0.15, -0.1) is 0 Å². The molecular formula is C14H28N2O4S. The third kappa shape index (κ3) is 6.76. The molecule has 1 fully saturated rings. The van der Waals surface area contributed by atoms with Crippen LogP contribution < -0.4 is 4.72 Å². The molecule has 1 saturated heterocycles. The molecule has 7 heteroatoms. The molecule has 1 rings (SSSR count). The molecule has 0 bridgehead atoms. The summed E-state index contributed by atoms with van der Waals surface area (Å²) in [6.45, 7) is 8.01. The molecule has 1 atom stereocenters. The molecule has 1 N–H and O–H groups in total. The molecule has 124 valence electrons. The molecule has 0 aliphatic carbocycles. The summed E-state index contributed by atoms with van der Waals surface area (Å²) < 4.78 is 32.0. The number of rotatable bonds is 8. The summed E-state index contributed by atoms with van der Waals surface area (Å²) in [5.74, 6) is 0.190. The van der Waals surface area contributed by atoms with Crippen LogP contribution in [0.15, 0.2) is 0 Å². The Morgan fingerprint density at radius 3 is 2.43 bits per heavy atom. The SMILES string of the molecule is CCCCS(=O)(=O)N[C@H](CC(C)C)C(=O)N1CCOCC1. The van der Waals surface area contributed by atoms with Gasteiger partial charge in [0, 0.05) is 13.1 Å². The molecule has 21 heavy (non-hydrogen) atoms. The van der Waals surface area contributed by atoms with Gasteiger partial charge in [0.2, 0.25) is 15.9 Å². The highest BCUT2D eigenvalue weighted by Crippen LogP contribution is 2.11. The van der Waals surface area contributed by atoms with E-state index >= 15 is 0 Å². The predicted molar refractivity (Wildman–Crippen MR) is 82.5 cm³/mol. The molecule has 0 aromatic heterocycles. The summed E-state index contributed by atoms with van der Waals surface area (Å²) in [7, 11) is -3.40. The summed E-state index contributed by atoms with van der Waals surface area (Å²) in [4.78, 5) is 14.2. The van der Waals surface area contributed by atoms with Crippen molar-refractivity contribution >= 4 is 15.9 Å². The van der Waals surface area contributed by atoms with Gasteiger partial charge >= 0.3 is 0 Å². The van der Waals surface area contributed by atoms with Crippen LogP contribution in [0.3, 0.4) is 0 Å². The first-order chi connectivity index (χ1) is 9.85. The third-order valence-electron chi connectivity index (χ3n) is 3.42. The number of sulfonamides is 1. The molecule has 1 heterocycles. The second kappa shape index (κ2) is 8.70. The maximum absolute atomic E-state index is 12.5. The zero-order valence-corrected chi connectivity index (χ0v) is 14.1. The average molecular weight is 320 g/mol. The van der Waals surface area contributed by atoms with E-state index in [4.69, 9.17) is 4.74 Å². The number of carbonyl (C=O) groups excluding carboxylic acids is 1. The van der Waals surface area contributed by atoms with E-state index in [0.717, 1.165) is 6.42 Å². The van der Waals surface area contributed by atoms with E-state index in [2.05, 4.69) is 4.72 Å². The summed E-state index contributed by atoms with van der Waals surface area (Å²) in [6, 6.07) is -0.662. The highest BCUT2D eigenvalue weighted by molar-refractivity contribution is 7.89. The van der Waals surface area contributed by atoms with Crippen molar-refractivity contribution in [2.75, 3.05) is 32.1 Å². The van der Waals surface area contributed by atoms with Crippen molar-refractivity contribution < 1.29 is 17.9 Å². The Morgan fingerprint density at radius 2 is 1.90 bits per heavy atom. The third-order valence-corrected chi connectivity index (χ3v) is 4.89. The van der Waals surface area contributed by atoms with Crippen molar-refractivity contribution in [3.63, 3.8) is 0 Å². The standard InChI is InChI=1S/C14H28N2O4S/c1-4-5-10-21(18,19)15-13(11-12(2)3)14(17)16-6-8-20-9-7-16/h12-13,15H,4-11H2,1-3H3/t13-/m1/s1. The number of morpholine rings is 1. The number of nitrogens with zero attached hydrogens (tertiary/aromatic N) is 1. The van der Waals surface area contributed by atoms with Gasteiger partial charge in [-0.05, 0) is 18.8 Å². The van der Waals surface area contributed by atoms with Crippen molar-refractivity contribution in [3.8, 4) is 0 Å². The number of hydrogen-bond donors (Lipinski definition) is 1. The summed E-state index contributed by atoms with van der Waals surface area (Å²) >= 11 is 0. The van der Waals surface area contributed by atoms with Crippen molar-refractivity contribution in [2.24, 2.45) is 5.92 Å². The zero-order valence-electron chi connectivity index (χ0n) is 13.3. The van der Waals surface area contributed by atoms with Gasteiger partial charge in [0.1, 0.15) is 6.04 Å². The first-order valence-electron chi connectivity index (χ1n) is 7.72. The van der Waals surface area contributed by atoms with Crippen LogP contribution in [-0.4, -0.2) is 57.3 Å². The predicted octanol–water partition coefficient (Wildman–Crippen LogP) is 0.979. The van der Waals surface area contributed by atoms with E-state index in [9.17, 15) is 13.2 Å². The van der Waals surface area contributed by atoms with Gasteiger partial charge in [0.15, 0.2) is 0 Å². The summed E-state index contributed by atoms with van der Waals surface area (Å²) in [6.07, 6.45) is 1.93. The van der Waals surface area contributed by atoms with Crippen molar-refractivity contribution in [1.82, 2.24) is 9.62 Å². The number of carbonyl (C=O) groups is 1. The van der Waals surface area contributed by atoms with Gasteiger partial charge in [-0.1, -0.05) is 27.2 Å². The highest BCUT2D eigenvalue weighted by Gasteiger charge is 2.29. The highest BCUT2D eigenvalue weighted by atomic mass is 32.2. The lowest BCUT2D eigenvalue weighted by Crippen LogP contribution is -2.52. The van der Waals surface area contributed by atoms with E-state index in [0.29, 0.717) is 39.1 Å². The number of nitrogens with one attached hydrogen (secondary N) is 1. The Kier molecular flexibility index (Phi) is 7.62. The lowest BCUT2D eigenvalue weighted by atomic mass is 10.0. The molecule has 0 unspecified atom stereocenters. The minimum atomic E-state index is -3.40. The average Bonchev–Trinajstić information content (AvgIpc) is 2.44. The fourth-order valence-electron chi connectivity index (χ4n) is 2.28. The van der Waals surface area contributed by atoms with Gasteiger partial charge in [-0.3, -0.25) is 4.79 Å². The smallest absolute Gasteiger partial charge is 0.240 e. The molecule has 0 radical (unpaired) electrons. The number of hydrogen-bond acceptors (Lipinski definition) is 4. The van der Waals surface area contributed by atoms with E-state index in [1.165, 1.54) is 0 Å². The zero-order chi connectivity index (χ0) is 15.9. The van der Waals surface area contributed by atoms with E-state index in [1.54, 1.807) is 4.90 Å². The van der Waals surface area contributed by atoms with Crippen LogP contribution in [0, 0.1) is 5.92 Å². The molecular weight excluding hydrogens is 292 g/mol. The van der Waals surface area contributed by atoms with Crippen molar-refractivity contribution in [1.29, 1.82) is 0 Å². The van der Waals surface area contributed by atoms with Gasteiger partial charge in [0.25, 0.3) is 0 Å². The first-order valence-corrected chi connectivity index (χ1v) is 9.37. The maximum atomic E-state index is 12.5. The van der Waals surface area contributed by atoms with Crippen LogP contribution in [0.2, 0.25) is 0 Å². The van der Waals surface area contributed by atoms with Crippen LogP contribution >= 0.6 is 0 Å². The summed E-state index contributed by atoms with van der Waals surface area (Å²) in [5, 5.41) is 0. The molecule has 1 aliphatic rings. The van der Waals surface area contributed by atoms with Crippen LogP contribution in [0.5, 0.6) is 0 Å². The van der Waals surface area contributed by atoms with E-state index < -0.39 is 16.1 Å². The van der Waals surface area contributed by atoms with Crippen LogP contribution in [0.4, 0.5) is 0 Å². The maximum Gasteiger partial charge on any atom is 0.240 e. The Labute approximate surface area is 128 Å². The molecule has 0 aromatic carbocycles. The summed E-state index contributed by atoms with van der Waals surface area (Å²) in [5.41, 5.74) is 0. The lowest BCUT2D eigenvalue weighted by molar-refractivity contribution is -0.137.